The molecule has 0 bridgehead atoms. The minimum absolute atomic E-state index is 0.194. The zero-order valence-corrected chi connectivity index (χ0v) is 19.6. The number of hydrogen-bond acceptors (Lipinski definition) is 6. The molecular formula is C23H35N3O5S. The fourth-order valence-electron chi connectivity index (χ4n) is 4.69. The van der Waals surface area contributed by atoms with Gasteiger partial charge in [0.05, 0.1) is 31.3 Å². The zero-order valence-electron chi connectivity index (χ0n) is 18.8. The number of sulfonamides is 1. The van der Waals surface area contributed by atoms with Crippen molar-refractivity contribution in [2.24, 2.45) is 5.92 Å². The van der Waals surface area contributed by atoms with Crippen LogP contribution in [0.25, 0.3) is 0 Å². The molecule has 9 heteroatoms. The van der Waals surface area contributed by atoms with Gasteiger partial charge in [-0.1, -0.05) is 12.1 Å². The molecule has 32 heavy (non-hydrogen) atoms. The molecule has 0 atom stereocenters. The van der Waals surface area contributed by atoms with Crippen molar-refractivity contribution in [3.63, 3.8) is 0 Å². The Hall–Kier alpha value is -1.52. The average Bonchev–Trinajstić information content (AvgIpc) is 2.84. The van der Waals surface area contributed by atoms with E-state index in [0.717, 1.165) is 64.3 Å². The lowest BCUT2D eigenvalue weighted by Crippen LogP contribution is -2.44. The topological polar surface area (TPSA) is 79.4 Å². The largest absolute Gasteiger partial charge is 0.379 e. The van der Waals surface area contributed by atoms with E-state index in [0.29, 0.717) is 50.0 Å². The lowest BCUT2D eigenvalue weighted by atomic mass is 9.95. The second-order valence-corrected chi connectivity index (χ2v) is 10.8. The van der Waals surface area contributed by atoms with Crippen molar-refractivity contribution in [2.75, 3.05) is 72.2 Å². The van der Waals surface area contributed by atoms with Gasteiger partial charge in [-0.3, -0.25) is 9.69 Å². The van der Waals surface area contributed by atoms with E-state index in [-0.39, 0.29) is 5.91 Å². The Labute approximate surface area is 191 Å². The van der Waals surface area contributed by atoms with Crippen molar-refractivity contribution in [3.05, 3.63) is 29.8 Å². The number of carbonyl (C=O) groups is 1. The molecule has 8 nitrogen and oxygen atoms in total. The fraction of sp³-hybridized carbons (Fsp3) is 0.696. The Balaban J connectivity index is 1.21. The molecule has 0 aliphatic carbocycles. The molecule has 1 amide bonds. The first kappa shape index (κ1) is 23.6. The van der Waals surface area contributed by atoms with Gasteiger partial charge in [-0.2, -0.15) is 4.31 Å². The highest BCUT2D eigenvalue weighted by Gasteiger charge is 2.27. The van der Waals surface area contributed by atoms with E-state index in [1.807, 2.05) is 17.0 Å². The van der Waals surface area contributed by atoms with Gasteiger partial charge in [0.2, 0.25) is 15.9 Å². The van der Waals surface area contributed by atoms with E-state index in [1.165, 1.54) is 4.31 Å². The molecule has 0 saturated carbocycles. The first-order valence-electron chi connectivity index (χ1n) is 11.8. The van der Waals surface area contributed by atoms with E-state index in [2.05, 4.69) is 4.90 Å². The summed E-state index contributed by atoms with van der Waals surface area (Å²) in [6.45, 7) is 8.14. The Morgan fingerprint density at radius 1 is 0.875 bits per heavy atom. The number of carbonyl (C=O) groups excluding carboxylic acids is 1. The van der Waals surface area contributed by atoms with E-state index in [9.17, 15) is 13.2 Å². The minimum Gasteiger partial charge on any atom is -0.379 e. The van der Waals surface area contributed by atoms with Crippen LogP contribution in [0.15, 0.2) is 29.2 Å². The first-order valence-corrected chi connectivity index (χ1v) is 13.2. The fourth-order valence-corrected chi connectivity index (χ4v) is 6.10. The minimum atomic E-state index is -3.48. The van der Waals surface area contributed by atoms with Crippen LogP contribution in [0.5, 0.6) is 0 Å². The standard InChI is InChI=1S/C23H35N3O5S/c27-23(25-9-7-21(8-10-25)19-24-11-15-30-16-12-24)6-3-20-1-4-22(5-2-20)32(28,29)26-13-17-31-18-14-26/h1-2,4-5,21H,3,6-19H2. The van der Waals surface area contributed by atoms with E-state index in [4.69, 9.17) is 9.47 Å². The molecule has 1 aromatic carbocycles. The summed E-state index contributed by atoms with van der Waals surface area (Å²) >= 11 is 0. The molecular weight excluding hydrogens is 430 g/mol. The molecule has 3 saturated heterocycles. The molecule has 178 valence electrons. The Bertz CT molecular complexity index is 841. The number of likely N-dealkylation sites (tertiary alicyclic amines) is 1. The number of hydrogen-bond donors (Lipinski definition) is 0. The van der Waals surface area contributed by atoms with Crippen LogP contribution in [0.2, 0.25) is 0 Å². The number of amides is 1. The first-order chi connectivity index (χ1) is 15.5. The van der Waals surface area contributed by atoms with Gasteiger partial charge in [0.1, 0.15) is 0 Å². The summed E-state index contributed by atoms with van der Waals surface area (Å²) < 4.78 is 37.6. The lowest BCUT2D eigenvalue weighted by molar-refractivity contribution is -0.132. The third-order valence-corrected chi connectivity index (χ3v) is 8.66. The van der Waals surface area contributed by atoms with Crippen molar-refractivity contribution in [2.45, 2.75) is 30.6 Å². The quantitative estimate of drug-likeness (QED) is 0.602. The highest BCUT2D eigenvalue weighted by Crippen LogP contribution is 2.21. The van der Waals surface area contributed by atoms with Crippen LogP contribution in [-0.2, 0) is 30.7 Å². The Morgan fingerprint density at radius 3 is 2.09 bits per heavy atom. The van der Waals surface area contributed by atoms with Gasteiger partial charge in [-0.05, 0) is 42.9 Å². The van der Waals surface area contributed by atoms with Gasteiger partial charge in [0.25, 0.3) is 0 Å². The average molecular weight is 466 g/mol. The van der Waals surface area contributed by atoms with Crippen LogP contribution < -0.4 is 0 Å². The SMILES string of the molecule is O=C(CCc1ccc(S(=O)(=O)N2CCOCC2)cc1)N1CCC(CN2CCOCC2)CC1. The summed E-state index contributed by atoms with van der Waals surface area (Å²) in [5.41, 5.74) is 0.987. The second-order valence-electron chi connectivity index (χ2n) is 8.90. The van der Waals surface area contributed by atoms with Crippen LogP contribution in [0.1, 0.15) is 24.8 Å². The van der Waals surface area contributed by atoms with E-state index in [1.54, 1.807) is 12.1 Å². The van der Waals surface area contributed by atoms with Crippen LogP contribution in [0, 0.1) is 5.92 Å². The monoisotopic (exact) mass is 465 g/mol. The second kappa shape index (κ2) is 11.1. The number of aryl methyl sites for hydroxylation is 1. The molecule has 3 heterocycles. The molecule has 0 aromatic heterocycles. The smallest absolute Gasteiger partial charge is 0.243 e. The molecule has 1 aromatic rings. The molecule has 0 radical (unpaired) electrons. The number of morpholine rings is 2. The van der Waals surface area contributed by atoms with Gasteiger partial charge in [-0.15, -0.1) is 0 Å². The maximum absolute atomic E-state index is 12.7. The number of piperidine rings is 1. The van der Waals surface area contributed by atoms with Crippen molar-refractivity contribution in [1.29, 1.82) is 0 Å². The zero-order chi connectivity index (χ0) is 22.4. The summed E-state index contributed by atoms with van der Waals surface area (Å²) in [5.74, 6) is 0.859. The molecule has 0 spiro atoms. The highest BCUT2D eigenvalue weighted by molar-refractivity contribution is 7.89. The molecule has 3 fully saturated rings. The summed E-state index contributed by atoms with van der Waals surface area (Å²) in [6.07, 6.45) is 3.22. The van der Waals surface area contributed by atoms with Crippen LogP contribution in [0.4, 0.5) is 0 Å². The van der Waals surface area contributed by atoms with Gasteiger partial charge in [-0.25, -0.2) is 8.42 Å². The van der Waals surface area contributed by atoms with Crippen molar-refractivity contribution in [3.8, 4) is 0 Å². The maximum atomic E-state index is 12.7. The van der Waals surface area contributed by atoms with Crippen LogP contribution in [-0.4, -0.2) is 101 Å². The third kappa shape index (κ3) is 6.08. The normalized spacial score (nSPS) is 22.2. The van der Waals surface area contributed by atoms with Gasteiger partial charge < -0.3 is 14.4 Å². The van der Waals surface area contributed by atoms with E-state index >= 15 is 0 Å². The summed E-state index contributed by atoms with van der Waals surface area (Å²) in [5, 5.41) is 0. The molecule has 3 aliphatic heterocycles. The number of ether oxygens (including phenoxy) is 2. The Kier molecular flexibility index (Phi) is 8.17. The summed E-state index contributed by atoms with van der Waals surface area (Å²) in [6, 6.07) is 6.97. The molecule has 0 unspecified atom stereocenters. The Morgan fingerprint density at radius 2 is 1.47 bits per heavy atom. The van der Waals surface area contributed by atoms with Crippen LogP contribution >= 0.6 is 0 Å². The van der Waals surface area contributed by atoms with Crippen LogP contribution in [0.3, 0.4) is 0 Å². The predicted molar refractivity (Wildman–Crippen MR) is 121 cm³/mol. The van der Waals surface area contributed by atoms with Gasteiger partial charge >= 0.3 is 0 Å². The highest BCUT2D eigenvalue weighted by atomic mass is 32.2. The van der Waals surface area contributed by atoms with Crippen molar-refractivity contribution < 1.29 is 22.7 Å². The number of nitrogens with zero attached hydrogens (tertiary/aromatic N) is 3. The van der Waals surface area contributed by atoms with Gasteiger partial charge in [0, 0.05) is 52.2 Å². The lowest BCUT2D eigenvalue weighted by Gasteiger charge is -2.36. The third-order valence-electron chi connectivity index (χ3n) is 6.75. The summed E-state index contributed by atoms with van der Waals surface area (Å²) in [4.78, 5) is 17.5. The van der Waals surface area contributed by atoms with Gasteiger partial charge in [0.15, 0.2) is 0 Å². The number of benzene rings is 1. The van der Waals surface area contributed by atoms with Crippen molar-refractivity contribution >= 4 is 15.9 Å². The molecule has 4 rings (SSSR count). The predicted octanol–water partition coefficient (Wildman–Crippen LogP) is 1.21. The molecule has 0 N–H and O–H groups in total. The number of rotatable bonds is 7. The molecule has 3 aliphatic rings. The van der Waals surface area contributed by atoms with E-state index < -0.39 is 10.0 Å². The maximum Gasteiger partial charge on any atom is 0.243 e. The van der Waals surface area contributed by atoms with Crippen molar-refractivity contribution in [1.82, 2.24) is 14.1 Å². The summed E-state index contributed by atoms with van der Waals surface area (Å²) in [7, 11) is -3.48.